The predicted octanol–water partition coefficient (Wildman–Crippen LogP) is 0.619. The van der Waals surface area contributed by atoms with E-state index < -0.39 is 17.9 Å². The molecule has 19 heavy (non-hydrogen) atoms. The molecule has 1 unspecified atom stereocenters. The number of amides is 1. The zero-order valence-corrected chi connectivity index (χ0v) is 10.9. The lowest BCUT2D eigenvalue weighted by Crippen LogP contribution is -2.48. The SMILES string of the molecule is CC(CN1Cc2ccccc2C[C@H]1C(=O)O)C(N)=O. The molecule has 0 aromatic heterocycles. The monoisotopic (exact) mass is 262 g/mol. The Morgan fingerprint density at radius 3 is 2.63 bits per heavy atom. The first-order valence-corrected chi connectivity index (χ1v) is 6.32. The molecule has 0 spiro atoms. The molecular weight excluding hydrogens is 244 g/mol. The summed E-state index contributed by atoms with van der Waals surface area (Å²) in [5, 5.41) is 9.33. The fourth-order valence-corrected chi connectivity index (χ4v) is 2.45. The van der Waals surface area contributed by atoms with Crippen molar-refractivity contribution < 1.29 is 14.7 Å². The van der Waals surface area contributed by atoms with Crippen LogP contribution >= 0.6 is 0 Å². The molecule has 0 radical (unpaired) electrons. The molecule has 1 heterocycles. The minimum atomic E-state index is -0.855. The van der Waals surface area contributed by atoms with Gasteiger partial charge in [0.25, 0.3) is 0 Å². The quantitative estimate of drug-likeness (QED) is 0.833. The zero-order chi connectivity index (χ0) is 14.0. The molecule has 0 saturated carbocycles. The van der Waals surface area contributed by atoms with Gasteiger partial charge in [-0.3, -0.25) is 14.5 Å². The van der Waals surface area contributed by atoms with Crippen molar-refractivity contribution in [2.24, 2.45) is 11.7 Å². The number of hydrogen-bond donors (Lipinski definition) is 2. The Balaban J connectivity index is 2.21. The normalized spacial score (nSPS) is 20.6. The van der Waals surface area contributed by atoms with E-state index in [1.807, 2.05) is 29.2 Å². The van der Waals surface area contributed by atoms with Crippen LogP contribution in [0.3, 0.4) is 0 Å². The zero-order valence-electron chi connectivity index (χ0n) is 10.9. The number of carboxylic acids is 1. The summed E-state index contributed by atoms with van der Waals surface area (Å²) in [7, 11) is 0. The minimum absolute atomic E-state index is 0.355. The second-order valence-corrected chi connectivity index (χ2v) is 5.06. The van der Waals surface area contributed by atoms with E-state index in [4.69, 9.17) is 5.73 Å². The number of fused-ring (bicyclic) bond motifs is 1. The molecule has 1 aliphatic rings. The molecular formula is C14H18N2O3. The van der Waals surface area contributed by atoms with E-state index in [1.165, 1.54) is 0 Å². The molecule has 5 heteroatoms. The lowest BCUT2D eigenvalue weighted by molar-refractivity contribution is -0.144. The van der Waals surface area contributed by atoms with Crippen LogP contribution in [0.1, 0.15) is 18.1 Å². The first-order chi connectivity index (χ1) is 8.99. The van der Waals surface area contributed by atoms with Crippen molar-refractivity contribution >= 4 is 11.9 Å². The second-order valence-electron chi connectivity index (χ2n) is 5.06. The number of carbonyl (C=O) groups is 2. The largest absolute Gasteiger partial charge is 0.480 e. The van der Waals surface area contributed by atoms with Gasteiger partial charge in [0, 0.05) is 19.0 Å². The van der Waals surface area contributed by atoms with E-state index in [0.717, 1.165) is 11.1 Å². The number of rotatable bonds is 4. The van der Waals surface area contributed by atoms with E-state index in [-0.39, 0.29) is 5.92 Å². The van der Waals surface area contributed by atoms with Gasteiger partial charge in [-0.1, -0.05) is 31.2 Å². The Bertz CT molecular complexity index is 501. The van der Waals surface area contributed by atoms with Crippen LogP contribution in [0.2, 0.25) is 0 Å². The molecule has 1 aliphatic heterocycles. The number of carbonyl (C=O) groups excluding carboxylic acids is 1. The van der Waals surface area contributed by atoms with Gasteiger partial charge in [-0.2, -0.15) is 0 Å². The summed E-state index contributed by atoms with van der Waals surface area (Å²) in [6.07, 6.45) is 0.469. The lowest BCUT2D eigenvalue weighted by atomic mass is 9.93. The van der Waals surface area contributed by atoms with Gasteiger partial charge in [-0.25, -0.2) is 0 Å². The van der Waals surface area contributed by atoms with Crippen molar-refractivity contribution in [1.29, 1.82) is 0 Å². The summed E-state index contributed by atoms with van der Waals surface area (Å²) in [5.41, 5.74) is 7.45. The van der Waals surface area contributed by atoms with Crippen molar-refractivity contribution in [1.82, 2.24) is 4.90 Å². The molecule has 2 rings (SSSR count). The molecule has 102 valence electrons. The first-order valence-electron chi connectivity index (χ1n) is 6.32. The average Bonchev–Trinajstić information content (AvgIpc) is 2.37. The highest BCUT2D eigenvalue weighted by Crippen LogP contribution is 2.24. The third kappa shape index (κ3) is 2.93. The number of benzene rings is 1. The Kier molecular flexibility index (Phi) is 3.85. The summed E-state index contributed by atoms with van der Waals surface area (Å²) >= 11 is 0. The van der Waals surface area contributed by atoms with Gasteiger partial charge in [-0.05, 0) is 17.5 Å². The molecule has 0 aliphatic carbocycles. The van der Waals surface area contributed by atoms with Crippen LogP contribution in [0, 0.1) is 5.92 Å². The summed E-state index contributed by atoms with van der Waals surface area (Å²) < 4.78 is 0. The van der Waals surface area contributed by atoms with Gasteiger partial charge < -0.3 is 10.8 Å². The van der Waals surface area contributed by atoms with Crippen LogP contribution in [0.5, 0.6) is 0 Å². The van der Waals surface area contributed by atoms with Gasteiger partial charge in [0.2, 0.25) is 5.91 Å². The molecule has 1 amide bonds. The fraction of sp³-hybridized carbons (Fsp3) is 0.429. The van der Waals surface area contributed by atoms with Crippen molar-refractivity contribution in [3.8, 4) is 0 Å². The summed E-state index contributed by atoms with van der Waals surface area (Å²) in [6, 6.07) is 7.22. The maximum absolute atomic E-state index is 11.4. The third-order valence-corrected chi connectivity index (χ3v) is 3.62. The van der Waals surface area contributed by atoms with Crippen LogP contribution in [-0.4, -0.2) is 34.5 Å². The number of primary amides is 1. The van der Waals surface area contributed by atoms with Crippen LogP contribution in [0.4, 0.5) is 0 Å². The summed E-state index contributed by atoms with van der Waals surface area (Å²) in [5.74, 6) is -1.61. The highest BCUT2D eigenvalue weighted by molar-refractivity contribution is 5.77. The van der Waals surface area contributed by atoms with Crippen LogP contribution in [-0.2, 0) is 22.6 Å². The standard InChI is InChI=1S/C14H18N2O3/c1-9(13(15)17)7-16-8-11-5-3-2-4-10(11)6-12(16)14(18)19/h2-5,9,12H,6-8H2,1H3,(H2,15,17)(H,18,19)/t9?,12-/m0/s1. The van der Waals surface area contributed by atoms with Gasteiger partial charge >= 0.3 is 5.97 Å². The van der Waals surface area contributed by atoms with Crippen molar-refractivity contribution in [2.75, 3.05) is 6.54 Å². The Labute approximate surface area is 112 Å². The van der Waals surface area contributed by atoms with Gasteiger partial charge in [0.05, 0.1) is 0 Å². The molecule has 5 nitrogen and oxygen atoms in total. The third-order valence-electron chi connectivity index (χ3n) is 3.62. The molecule has 0 fully saturated rings. The molecule has 0 bridgehead atoms. The number of hydrogen-bond acceptors (Lipinski definition) is 3. The minimum Gasteiger partial charge on any atom is -0.480 e. The second kappa shape index (κ2) is 5.40. The van der Waals surface area contributed by atoms with Crippen LogP contribution < -0.4 is 5.73 Å². The molecule has 1 aromatic carbocycles. The maximum Gasteiger partial charge on any atom is 0.321 e. The molecule has 0 saturated heterocycles. The van der Waals surface area contributed by atoms with E-state index in [2.05, 4.69) is 0 Å². The first kappa shape index (κ1) is 13.5. The topological polar surface area (TPSA) is 83.6 Å². The van der Waals surface area contributed by atoms with Crippen molar-refractivity contribution in [2.45, 2.75) is 25.9 Å². The lowest BCUT2D eigenvalue weighted by Gasteiger charge is -2.35. The number of carboxylic acid groups (broad SMARTS) is 1. The smallest absolute Gasteiger partial charge is 0.321 e. The Hall–Kier alpha value is -1.88. The molecule has 3 N–H and O–H groups in total. The van der Waals surface area contributed by atoms with Crippen molar-refractivity contribution in [3.63, 3.8) is 0 Å². The van der Waals surface area contributed by atoms with Gasteiger partial charge in [-0.15, -0.1) is 0 Å². The summed E-state index contributed by atoms with van der Waals surface area (Å²) in [6.45, 7) is 2.65. The van der Waals surface area contributed by atoms with Crippen molar-refractivity contribution in [3.05, 3.63) is 35.4 Å². The average molecular weight is 262 g/mol. The maximum atomic E-state index is 11.4. The number of nitrogens with two attached hydrogens (primary N) is 1. The number of aliphatic carboxylic acids is 1. The van der Waals surface area contributed by atoms with Crippen LogP contribution in [0.15, 0.2) is 24.3 Å². The Morgan fingerprint density at radius 1 is 1.42 bits per heavy atom. The molecule has 1 aromatic rings. The Morgan fingerprint density at radius 2 is 2.05 bits per heavy atom. The van der Waals surface area contributed by atoms with E-state index in [9.17, 15) is 14.7 Å². The molecule has 2 atom stereocenters. The van der Waals surface area contributed by atoms with Gasteiger partial charge in [0.15, 0.2) is 0 Å². The number of nitrogens with zero attached hydrogens (tertiary/aromatic N) is 1. The van der Waals surface area contributed by atoms with E-state index in [1.54, 1.807) is 6.92 Å². The van der Waals surface area contributed by atoms with Gasteiger partial charge in [0.1, 0.15) is 6.04 Å². The highest BCUT2D eigenvalue weighted by atomic mass is 16.4. The fourth-order valence-electron chi connectivity index (χ4n) is 2.45. The highest BCUT2D eigenvalue weighted by Gasteiger charge is 2.32. The predicted molar refractivity (Wildman–Crippen MR) is 70.3 cm³/mol. The van der Waals surface area contributed by atoms with Crippen LogP contribution in [0.25, 0.3) is 0 Å². The summed E-state index contributed by atoms with van der Waals surface area (Å²) in [4.78, 5) is 24.3. The van der Waals surface area contributed by atoms with E-state index in [0.29, 0.717) is 19.5 Å². The van der Waals surface area contributed by atoms with E-state index >= 15 is 0 Å².